The van der Waals surface area contributed by atoms with Gasteiger partial charge in [0.05, 0.1) is 0 Å². The number of hydrogen-bond acceptors (Lipinski definition) is 3. The Morgan fingerprint density at radius 1 is 1.44 bits per heavy atom. The van der Waals surface area contributed by atoms with Gasteiger partial charge in [0.15, 0.2) is 0 Å². The molecule has 1 saturated heterocycles. The Morgan fingerprint density at radius 2 is 2.17 bits per heavy atom. The maximum absolute atomic E-state index is 11.7. The van der Waals surface area contributed by atoms with Gasteiger partial charge in [-0.1, -0.05) is 13.8 Å². The third kappa shape index (κ3) is 5.04. The first-order valence-corrected chi connectivity index (χ1v) is 6.73. The maximum Gasteiger partial charge on any atom is 0.326 e. The lowest BCUT2D eigenvalue weighted by molar-refractivity contribution is -0.143. The van der Waals surface area contributed by atoms with Crippen molar-refractivity contribution in [1.82, 2.24) is 10.6 Å². The first kappa shape index (κ1) is 15.0. The van der Waals surface area contributed by atoms with Gasteiger partial charge in [-0.2, -0.15) is 0 Å². The molecule has 0 aromatic rings. The number of carboxylic acids is 1. The van der Waals surface area contributed by atoms with E-state index in [2.05, 4.69) is 10.6 Å². The number of nitrogens with one attached hydrogen (secondary N) is 2. The zero-order chi connectivity index (χ0) is 13.5. The zero-order valence-corrected chi connectivity index (χ0v) is 11.2. The Bertz CT molecular complexity index is 286. The van der Waals surface area contributed by atoms with Gasteiger partial charge in [-0.05, 0) is 44.2 Å². The lowest BCUT2D eigenvalue weighted by atomic mass is 9.94. The van der Waals surface area contributed by atoms with Crippen LogP contribution in [0.25, 0.3) is 0 Å². The minimum atomic E-state index is -0.960. The molecule has 0 saturated carbocycles. The van der Waals surface area contributed by atoms with Crippen molar-refractivity contribution in [2.75, 3.05) is 13.1 Å². The van der Waals surface area contributed by atoms with Gasteiger partial charge in [0.2, 0.25) is 5.91 Å². The van der Waals surface area contributed by atoms with Crippen molar-refractivity contribution in [1.29, 1.82) is 0 Å². The summed E-state index contributed by atoms with van der Waals surface area (Å²) < 4.78 is 0. The summed E-state index contributed by atoms with van der Waals surface area (Å²) in [5.74, 6) is -0.658. The van der Waals surface area contributed by atoms with Crippen LogP contribution in [-0.2, 0) is 9.59 Å². The lowest BCUT2D eigenvalue weighted by Gasteiger charge is -2.23. The third-order valence-electron chi connectivity index (χ3n) is 3.43. The quantitative estimate of drug-likeness (QED) is 0.662. The molecule has 5 nitrogen and oxygen atoms in total. The first-order chi connectivity index (χ1) is 8.50. The van der Waals surface area contributed by atoms with E-state index in [0.29, 0.717) is 12.3 Å². The highest BCUT2D eigenvalue weighted by Gasteiger charge is 2.23. The maximum atomic E-state index is 11.7. The van der Waals surface area contributed by atoms with E-state index in [1.54, 1.807) is 13.8 Å². The molecule has 1 aliphatic rings. The predicted molar refractivity (Wildman–Crippen MR) is 69.2 cm³/mol. The van der Waals surface area contributed by atoms with E-state index < -0.39 is 12.0 Å². The molecule has 3 N–H and O–H groups in total. The van der Waals surface area contributed by atoms with Gasteiger partial charge < -0.3 is 15.7 Å². The van der Waals surface area contributed by atoms with Crippen LogP contribution in [0.2, 0.25) is 0 Å². The van der Waals surface area contributed by atoms with E-state index in [1.165, 1.54) is 0 Å². The van der Waals surface area contributed by atoms with Crippen molar-refractivity contribution in [2.24, 2.45) is 11.8 Å². The fourth-order valence-electron chi connectivity index (χ4n) is 2.26. The van der Waals surface area contributed by atoms with Gasteiger partial charge in [-0.25, -0.2) is 4.79 Å². The van der Waals surface area contributed by atoms with Crippen LogP contribution in [0.4, 0.5) is 0 Å². The second-order valence-electron chi connectivity index (χ2n) is 5.38. The molecule has 0 aromatic carbocycles. The molecular formula is C13H24N2O3. The highest BCUT2D eigenvalue weighted by molar-refractivity contribution is 5.83. The summed E-state index contributed by atoms with van der Waals surface area (Å²) in [6.07, 6.45) is 3.58. The summed E-state index contributed by atoms with van der Waals surface area (Å²) in [4.78, 5) is 22.7. The Hall–Kier alpha value is -1.10. The summed E-state index contributed by atoms with van der Waals surface area (Å²) >= 11 is 0. The predicted octanol–water partition coefficient (Wildman–Crippen LogP) is 0.992. The molecule has 2 unspecified atom stereocenters. The average molecular weight is 256 g/mol. The van der Waals surface area contributed by atoms with Crippen molar-refractivity contribution >= 4 is 11.9 Å². The molecule has 5 heteroatoms. The van der Waals surface area contributed by atoms with Crippen LogP contribution in [0.15, 0.2) is 0 Å². The molecule has 0 radical (unpaired) electrons. The van der Waals surface area contributed by atoms with Crippen LogP contribution in [0.1, 0.15) is 39.5 Å². The zero-order valence-electron chi connectivity index (χ0n) is 11.2. The minimum Gasteiger partial charge on any atom is -0.480 e. The van der Waals surface area contributed by atoms with E-state index in [4.69, 9.17) is 5.11 Å². The number of carboxylic acid groups (broad SMARTS) is 1. The van der Waals surface area contributed by atoms with Gasteiger partial charge >= 0.3 is 5.97 Å². The molecule has 1 rings (SSSR count). The number of carbonyl (C=O) groups excluding carboxylic acids is 1. The third-order valence-corrected chi connectivity index (χ3v) is 3.43. The van der Waals surface area contributed by atoms with Gasteiger partial charge in [-0.15, -0.1) is 0 Å². The normalized spacial score (nSPS) is 21.6. The van der Waals surface area contributed by atoms with Gasteiger partial charge in [0, 0.05) is 6.42 Å². The Kier molecular flexibility index (Phi) is 6.12. The highest BCUT2D eigenvalue weighted by Crippen LogP contribution is 2.15. The molecule has 1 amide bonds. The van der Waals surface area contributed by atoms with Crippen molar-refractivity contribution < 1.29 is 14.7 Å². The van der Waals surface area contributed by atoms with Crippen LogP contribution in [0.5, 0.6) is 0 Å². The monoisotopic (exact) mass is 256 g/mol. The van der Waals surface area contributed by atoms with Crippen molar-refractivity contribution in [3.05, 3.63) is 0 Å². The molecule has 0 bridgehead atoms. The fourth-order valence-corrected chi connectivity index (χ4v) is 2.26. The van der Waals surface area contributed by atoms with Crippen molar-refractivity contribution in [2.45, 2.75) is 45.6 Å². The number of carbonyl (C=O) groups is 2. The Balaban J connectivity index is 2.29. The van der Waals surface area contributed by atoms with E-state index in [1.807, 2.05) is 0 Å². The van der Waals surface area contributed by atoms with Crippen LogP contribution >= 0.6 is 0 Å². The number of piperidine rings is 1. The molecule has 1 heterocycles. The minimum absolute atomic E-state index is 0.0946. The van der Waals surface area contributed by atoms with E-state index in [9.17, 15) is 9.59 Å². The summed E-state index contributed by atoms with van der Waals surface area (Å²) in [6, 6.07) is -0.776. The topological polar surface area (TPSA) is 78.4 Å². The van der Waals surface area contributed by atoms with Crippen molar-refractivity contribution in [3.63, 3.8) is 0 Å². The van der Waals surface area contributed by atoms with Crippen LogP contribution < -0.4 is 10.6 Å². The van der Waals surface area contributed by atoms with Crippen LogP contribution in [-0.4, -0.2) is 36.1 Å². The van der Waals surface area contributed by atoms with Gasteiger partial charge in [0.25, 0.3) is 0 Å². The fraction of sp³-hybridized carbons (Fsp3) is 0.846. The van der Waals surface area contributed by atoms with E-state index in [0.717, 1.165) is 32.4 Å². The molecule has 0 aliphatic carbocycles. The van der Waals surface area contributed by atoms with Crippen LogP contribution in [0, 0.1) is 11.8 Å². The molecule has 1 aliphatic heterocycles. The largest absolute Gasteiger partial charge is 0.480 e. The number of hydrogen-bond donors (Lipinski definition) is 3. The highest BCUT2D eigenvalue weighted by atomic mass is 16.4. The number of rotatable bonds is 6. The molecule has 18 heavy (non-hydrogen) atoms. The number of amides is 1. The molecule has 1 fully saturated rings. The Morgan fingerprint density at radius 3 is 2.67 bits per heavy atom. The average Bonchev–Trinajstić information content (AvgIpc) is 2.34. The Labute approximate surface area is 108 Å². The van der Waals surface area contributed by atoms with Crippen LogP contribution in [0.3, 0.4) is 0 Å². The molecule has 2 atom stereocenters. The lowest BCUT2D eigenvalue weighted by Crippen LogP contribution is -2.44. The summed E-state index contributed by atoms with van der Waals surface area (Å²) in [7, 11) is 0. The summed E-state index contributed by atoms with van der Waals surface area (Å²) in [6.45, 7) is 5.63. The number of aliphatic carboxylic acids is 1. The molecule has 0 spiro atoms. The van der Waals surface area contributed by atoms with Gasteiger partial charge in [0.1, 0.15) is 6.04 Å². The second-order valence-corrected chi connectivity index (χ2v) is 5.38. The van der Waals surface area contributed by atoms with Gasteiger partial charge in [-0.3, -0.25) is 4.79 Å². The second kappa shape index (κ2) is 7.36. The van der Waals surface area contributed by atoms with E-state index >= 15 is 0 Å². The standard InChI is InChI=1S/C13H24N2O3/c1-9(2)12(13(17)18)15-11(16)6-5-10-4-3-7-14-8-10/h9-10,12,14H,3-8H2,1-2H3,(H,15,16)(H,17,18). The molecule has 0 aromatic heterocycles. The summed E-state index contributed by atoms with van der Waals surface area (Å²) in [5.41, 5.74) is 0. The summed E-state index contributed by atoms with van der Waals surface area (Å²) in [5, 5.41) is 14.9. The smallest absolute Gasteiger partial charge is 0.326 e. The molecule has 104 valence electrons. The SMILES string of the molecule is CC(C)C(NC(=O)CCC1CCCNC1)C(=O)O. The van der Waals surface area contributed by atoms with Crippen molar-refractivity contribution in [3.8, 4) is 0 Å². The molecular weight excluding hydrogens is 232 g/mol. The van der Waals surface area contributed by atoms with E-state index in [-0.39, 0.29) is 11.8 Å². The first-order valence-electron chi connectivity index (χ1n) is 6.73.